The largest absolute Gasteiger partial charge is 0.369 e. The molecule has 0 unspecified atom stereocenters. The molecule has 0 amide bonds. The first kappa shape index (κ1) is 11.4. The van der Waals surface area contributed by atoms with Crippen LogP contribution in [0.15, 0.2) is 30.5 Å². The summed E-state index contributed by atoms with van der Waals surface area (Å²) < 4.78 is 0. The highest BCUT2D eigenvalue weighted by Crippen LogP contribution is 2.12. The highest BCUT2D eigenvalue weighted by Gasteiger charge is 2.12. The predicted octanol–water partition coefficient (Wildman–Crippen LogP) is 2.18. The molecule has 94 valence electrons. The van der Waals surface area contributed by atoms with Gasteiger partial charge in [0.2, 0.25) is 0 Å². The lowest BCUT2D eigenvalue weighted by atomic mass is 10.1. The van der Waals surface area contributed by atoms with Crippen LogP contribution < -0.4 is 10.6 Å². The maximum absolute atomic E-state index is 4.55. The van der Waals surface area contributed by atoms with E-state index in [-0.39, 0.29) is 0 Å². The van der Waals surface area contributed by atoms with E-state index in [1.54, 1.807) is 0 Å². The molecule has 2 N–H and O–H groups in total. The van der Waals surface area contributed by atoms with Gasteiger partial charge in [0.25, 0.3) is 0 Å². The van der Waals surface area contributed by atoms with E-state index in [1.807, 2.05) is 30.5 Å². The molecular weight excluding hydrogens is 224 g/mol. The molecule has 4 nitrogen and oxygen atoms in total. The maximum Gasteiger partial charge on any atom is 0.145 e. The second-order valence-corrected chi connectivity index (χ2v) is 4.75. The van der Waals surface area contributed by atoms with E-state index < -0.39 is 0 Å². The van der Waals surface area contributed by atoms with Gasteiger partial charge in [0.05, 0.1) is 17.2 Å². The van der Waals surface area contributed by atoms with Crippen LogP contribution in [0.5, 0.6) is 0 Å². The Bertz CT molecular complexity index is 520. The van der Waals surface area contributed by atoms with Gasteiger partial charge in [-0.05, 0) is 37.9 Å². The van der Waals surface area contributed by atoms with Crippen molar-refractivity contribution >= 4 is 16.9 Å². The van der Waals surface area contributed by atoms with Crippen molar-refractivity contribution in [3.05, 3.63) is 30.5 Å². The standard InChI is InChI=1S/C14H18N4/c1-2-6-13-12(5-1)17-10-14(18-13)16-9-7-11-4-3-8-15-11/h1-2,5-6,10-11,15H,3-4,7-9H2,(H,16,18)/t11-/m0/s1. The molecule has 1 saturated heterocycles. The molecule has 1 atom stereocenters. The summed E-state index contributed by atoms with van der Waals surface area (Å²) in [4.78, 5) is 8.94. The zero-order valence-corrected chi connectivity index (χ0v) is 10.4. The SMILES string of the molecule is c1ccc2nc(NCC[C@@H]3CCCN3)cnc2c1. The number of para-hydroxylation sites is 2. The average molecular weight is 242 g/mol. The number of rotatable bonds is 4. The number of anilines is 1. The molecule has 1 aromatic heterocycles. The minimum absolute atomic E-state index is 0.672. The van der Waals surface area contributed by atoms with Gasteiger partial charge in [-0.2, -0.15) is 0 Å². The Morgan fingerprint density at radius 1 is 1.28 bits per heavy atom. The van der Waals surface area contributed by atoms with Crippen LogP contribution in [0.25, 0.3) is 11.0 Å². The van der Waals surface area contributed by atoms with Crippen LogP contribution in [0.1, 0.15) is 19.3 Å². The molecule has 4 heteroatoms. The molecule has 1 aliphatic rings. The summed E-state index contributed by atoms with van der Waals surface area (Å²) in [5, 5.41) is 6.85. The first-order chi connectivity index (χ1) is 8.92. The molecule has 0 aliphatic carbocycles. The van der Waals surface area contributed by atoms with E-state index in [0.29, 0.717) is 6.04 Å². The van der Waals surface area contributed by atoms with E-state index in [4.69, 9.17) is 0 Å². The van der Waals surface area contributed by atoms with Gasteiger partial charge in [-0.15, -0.1) is 0 Å². The molecular formula is C14H18N4. The minimum Gasteiger partial charge on any atom is -0.369 e. The van der Waals surface area contributed by atoms with Crippen molar-refractivity contribution in [2.45, 2.75) is 25.3 Å². The van der Waals surface area contributed by atoms with Gasteiger partial charge >= 0.3 is 0 Å². The Morgan fingerprint density at radius 3 is 3.00 bits per heavy atom. The normalized spacial score (nSPS) is 19.2. The average Bonchev–Trinajstić information content (AvgIpc) is 2.92. The fourth-order valence-electron chi connectivity index (χ4n) is 2.42. The van der Waals surface area contributed by atoms with Crippen molar-refractivity contribution in [1.82, 2.24) is 15.3 Å². The van der Waals surface area contributed by atoms with Crippen LogP contribution in [0.4, 0.5) is 5.82 Å². The Balaban J connectivity index is 1.60. The molecule has 2 aromatic rings. The van der Waals surface area contributed by atoms with Crippen molar-refractivity contribution in [2.24, 2.45) is 0 Å². The molecule has 1 aromatic carbocycles. The molecule has 0 bridgehead atoms. The van der Waals surface area contributed by atoms with Crippen molar-refractivity contribution in [1.29, 1.82) is 0 Å². The van der Waals surface area contributed by atoms with Crippen molar-refractivity contribution in [2.75, 3.05) is 18.4 Å². The van der Waals surface area contributed by atoms with E-state index >= 15 is 0 Å². The molecule has 3 rings (SSSR count). The Hall–Kier alpha value is -1.68. The third kappa shape index (κ3) is 2.59. The molecule has 0 spiro atoms. The second kappa shape index (κ2) is 5.31. The van der Waals surface area contributed by atoms with E-state index in [9.17, 15) is 0 Å². The molecule has 2 heterocycles. The van der Waals surface area contributed by atoms with Gasteiger partial charge in [0.15, 0.2) is 0 Å². The van der Waals surface area contributed by atoms with E-state index in [1.165, 1.54) is 19.4 Å². The topological polar surface area (TPSA) is 49.8 Å². The summed E-state index contributed by atoms with van der Waals surface area (Å²) >= 11 is 0. The van der Waals surface area contributed by atoms with Gasteiger partial charge in [0, 0.05) is 12.6 Å². The number of aromatic nitrogens is 2. The Kier molecular flexibility index (Phi) is 3.37. The van der Waals surface area contributed by atoms with Crippen molar-refractivity contribution < 1.29 is 0 Å². The number of nitrogens with one attached hydrogen (secondary N) is 2. The molecule has 18 heavy (non-hydrogen) atoms. The fraction of sp³-hybridized carbons (Fsp3) is 0.429. The second-order valence-electron chi connectivity index (χ2n) is 4.75. The summed E-state index contributed by atoms with van der Waals surface area (Å²) in [6.45, 7) is 2.12. The van der Waals surface area contributed by atoms with Gasteiger partial charge in [-0.25, -0.2) is 4.98 Å². The number of hydrogen-bond acceptors (Lipinski definition) is 4. The zero-order valence-electron chi connectivity index (χ0n) is 10.4. The van der Waals surface area contributed by atoms with Crippen LogP contribution in [0, 0.1) is 0 Å². The quantitative estimate of drug-likeness (QED) is 0.863. The monoisotopic (exact) mass is 242 g/mol. The van der Waals surface area contributed by atoms with Crippen LogP contribution in [-0.4, -0.2) is 29.1 Å². The lowest BCUT2D eigenvalue weighted by molar-refractivity contribution is 0.574. The van der Waals surface area contributed by atoms with Crippen LogP contribution in [0.3, 0.4) is 0 Å². The fourth-order valence-corrected chi connectivity index (χ4v) is 2.42. The number of hydrogen-bond donors (Lipinski definition) is 2. The summed E-state index contributed by atoms with van der Waals surface area (Å²) in [7, 11) is 0. The summed E-state index contributed by atoms with van der Waals surface area (Å²) in [5.74, 6) is 0.867. The minimum atomic E-state index is 0.672. The first-order valence-electron chi connectivity index (χ1n) is 6.61. The molecule has 0 saturated carbocycles. The van der Waals surface area contributed by atoms with Crippen LogP contribution in [-0.2, 0) is 0 Å². The molecule has 0 radical (unpaired) electrons. The lowest BCUT2D eigenvalue weighted by Crippen LogP contribution is -2.24. The first-order valence-corrected chi connectivity index (χ1v) is 6.61. The van der Waals surface area contributed by atoms with Crippen molar-refractivity contribution in [3.63, 3.8) is 0 Å². The summed E-state index contributed by atoms with van der Waals surface area (Å²) in [6, 6.07) is 8.62. The smallest absolute Gasteiger partial charge is 0.145 e. The van der Waals surface area contributed by atoms with Gasteiger partial charge in [-0.1, -0.05) is 12.1 Å². The summed E-state index contributed by atoms with van der Waals surface area (Å²) in [6.07, 6.45) is 5.56. The van der Waals surface area contributed by atoms with Gasteiger partial charge in [0.1, 0.15) is 5.82 Å². The number of fused-ring (bicyclic) bond motifs is 1. The number of nitrogens with zero attached hydrogens (tertiary/aromatic N) is 2. The highest BCUT2D eigenvalue weighted by atomic mass is 15.0. The highest BCUT2D eigenvalue weighted by molar-refractivity contribution is 5.75. The predicted molar refractivity (Wildman–Crippen MR) is 73.7 cm³/mol. The van der Waals surface area contributed by atoms with Gasteiger partial charge < -0.3 is 10.6 Å². The van der Waals surface area contributed by atoms with Crippen molar-refractivity contribution in [3.8, 4) is 0 Å². The third-order valence-corrected chi connectivity index (χ3v) is 3.41. The lowest BCUT2D eigenvalue weighted by Gasteiger charge is -2.11. The zero-order chi connectivity index (χ0) is 12.2. The van der Waals surface area contributed by atoms with Crippen LogP contribution in [0.2, 0.25) is 0 Å². The molecule has 1 aliphatic heterocycles. The third-order valence-electron chi connectivity index (χ3n) is 3.41. The van der Waals surface area contributed by atoms with E-state index in [0.717, 1.165) is 29.8 Å². The summed E-state index contributed by atoms with van der Waals surface area (Å²) in [5.41, 5.74) is 1.89. The number of benzene rings is 1. The molecule has 1 fully saturated rings. The van der Waals surface area contributed by atoms with Gasteiger partial charge in [-0.3, -0.25) is 4.98 Å². The van der Waals surface area contributed by atoms with Crippen LogP contribution >= 0.6 is 0 Å². The Morgan fingerprint density at radius 2 is 2.17 bits per heavy atom. The maximum atomic E-state index is 4.55. The Labute approximate surface area is 107 Å². The van der Waals surface area contributed by atoms with E-state index in [2.05, 4.69) is 20.6 Å².